The zero-order valence-corrected chi connectivity index (χ0v) is 17.8. The number of hydrogen-bond donors (Lipinski definition) is 0. The van der Waals surface area contributed by atoms with E-state index in [2.05, 4.69) is 18.2 Å². The molecule has 4 rings (SSSR count). The second kappa shape index (κ2) is 6.85. The fraction of sp³-hybridized carbons (Fsp3) is 0.346. The number of carbonyl (C=O) groups is 1. The molecule has 0 aliphatic carbocycles. The Balaban J connectivity index is 2.03. The maximum atomic E-state index is 13.8. The van der Waals surface area contributed by atoms with Crippen LogP contribution in [0, 0.1) is 40.4 Å². The molecule has 0 amide bonds. The molecule has 2 aliphatic rings. The first-order valence-electron chi connectivity index (χ1n) is 10.2. The summed E-state index contributed by atoms with van der Waals surface area (Å²) in [6.45, 7) is 7.74. The zero-order valence-electron chi connectivity index (χ0n) is 17.8. The highest BCUT2D eigenvalue weighted by Crippen LogP contribution is 2.56. The zero-order chi connectivity index (χ0) is 21.7. The van der Waals surface area contributed by atoms with Crippen LogP contribution in [0.2, 0.25) is 0 Å². The predicted octanol–water partition coefficient (Wildman–Crippen LogP) is 5.01. The number of nitrogens with zero attached hydrogens (tertiary/aromatic N) is 3. The molecule has 2 aliphatic heterocycles. The summed E-state index contributed by atoms with van der Waals surface area (Å²) in [5.41, 5.74) is 1.91. The van der Waals surface area contributed by atoms with Crippen LogP contribution in [0.15, 0.2) is 54.6 Å². The van der Waals surface area contributed by atoms with Gasteiger partial charge in [-0.15, -0.1) is 0 Å². The molecule has 0 bridgehead atoms. The summed E-state index contributed by atoms with van der Waals surface area (Å²) in [5, 5.41) is 20.7. The molecule has 1 fully saturated rings. The van der Waals surface area contributed by atoms with E-state index in [4.69, 9.17) is 0 Å². The third-order valence-electron chi connectivity index (χ3n) is 6.33. The van der Waals surface area contributed by atoms with Crippen LogP contribution in [0.3, 0.4) is 0 Å². The number of anilines is 1. The monoisotopic (exact) mass is 395 g/mol. The molecule has 1 saturated heterocycles. The van der Waals surface area contributed by atoms with E-state index in [-0.39, 0.29) is 5.78 Å². The molecular formula is C26H25N3O. The molecule has 2 aromatic rings. The summed E-state index contributed by atoms with van der Waals surface area (Å²) in [6.07, 6.45) is 3.92. The molecule has 0 unspecified atom stereocenters. The summed E-state index contributed by atoms with van der Waals surface area (Å²) in [5.74, 6) is -0.516. The van der Waals surface area contributed by atoms with Gasteiger partial charge in [-0.25, -0.2) is 0 Å². The lowest BCUT2D eigenvalue weighted by Gasteiger charge is -2.37. The molecule has 2 aromatic carbocycles. The van der Waals surface area contributed by atoms with Crippen LogP contribution in [0.5, 0.6) is 0 Å². The van der Waals surface area contributed by atoms with Crippen LogP contribution in [-0.4, -0.2) is 17.9 Å². The minimum Gasteiger partial charge on any atom is -0.351 e. The number of aryl methyl sites for hydroxylation is 1. The van der Waals surface area contributed by atoms with Crippen molar-refractivity contribution in [3.63, 3.8) is 0 Å². The van der Waals surface area contributed by atoms with Crippen LogP contribution < -0.4 is 4.90 Å². The van der Waals surface area contributed by atoms with Crippen molar-refractivity contribution in [1.82, 2.24) is 0 Å². The third kappa shape index (κ3) is 2.76. The number of nitriles is 2. The van der Waals surface area contributed by atoms with Crippen LogP contribution in [0.25, 0.3) is 6.08 Å². The Hall–Kier alpha value is -3.37. The topological polar surface area (TPSA) is 67.9 Å². The van der Waals surface area contributed by atoms with E-state index in [1.807, 2.05) is 87.2 Å². The van der Waals surface area contributed by atoms with Gasteiger partial charge in [-0.1, -0.05) is 74.9 Å². The molecular weight excluding hydrogens is 370 g/mol. The van der Waals surface area contributed by atoms with Crippen LogP contribution >= 0.6 is 0 Å². The summed E-state index contributed by atoms with van der Waals surface area (Å²) in [6, 6.07) is 19.3. The Morgan fingerprint density at radius 1 is 1.07 bits per heavy atom. The van der Waals surface area contributed by atoms with Crippen molar-refractivity contribution in [1.29, 1.82) is 10.5 Å². The van der Waals surface area contributed by atoms with E-state index < -0.39 is 28.8 Å². The van der Waals surface area contributed by atoms with Gasteiger partial charge in [-0.2, -0.15) is 10.5 Å². The maximum absolute atomic E-state index is 13.8. The second-order valence-electron chi connectivity index (χ2n) is 9.31. The number of hydrogen-bond acceptors (Lipinski definition) is 4. The van der Waals surface area contributed by atoms with E-state index in [1.54, 1.807) is 0 Å². The molecule has 0 spiro atoms. The Labute approximate surface area is 178 Å². The smallest absolute Gasteiger partial charge is 0.176 e. The minimum atomic E-state index is -1.37. The lowest BCUT2D eigenvalue weighted by atomic mass is 9.68. The Bertz CT molecular complexity index is 1100. The van der Waals surface area contributed by atoms with Crippen LogP contribution in [-0.2, 0) is 4.79 Å². The average molecular weight is 396 g/mol. The van der Waals surface area contributed by atoms with Crippen molar-refractivity contribution in [3.8, 4) is 12.1 Å². The first-order valence-corrected chi connectivity index (χ1v) is 10.2. The van der Waals surface area contributed by atoms with E-state index in [1.165, 1.54) is 0 Å². The number of Topliss-reactive ketones (excluding diaryl/α,β-unsaturated/α-hetero) is 1. The Kier molecular flexibility index (Phi) is 4.55. The summed E-state index contributed by atoms with van der Waals surface area (Å²) >= 11 is 0. The van der Waals surface area contributed by atoms with Gasteiger partial charge in [0.25, 0.3) is 0 Å². The van der Waals surface area contributed by atoms with Gasteiger partial charge in [0.2, 0.25) is 0 Å². The molecule has 3 atom stereocenters. The van der Waals surface area contributed by atoms with Gasteiger partial charge in [0.05, 0.1) is 24.2 Å². The van der Waals surface area contributed by atoms with E-state index in [9.17, 15) is 15.3 Å². The van der Waals surface area contributed by atoms with Gasteiger partial charge in [-0.3, -0.25) is 4.79 Å². The highest BCUT2D eigenvalue weighted by molar-refractivity contribution is 5.96. The van der Waals surface area contributed by atoms with Crippen molar-refractivity contribution < 1.29 is 4.79 Å². The summed E-state index contributed by atoms with van der Waals surface area (Å²) < 4.78 is 0. The quantitative estimate of drug-likeness (QED) is 0.717. The molecule has 0 aromatic heterocycles. The van der Waals surface area contributed by atoms with Gasteiger partial charge < -0.3 is 4.90 Å². The molecule has 0 radical (unpaired) electrons. The van der Waals surface area contributed by atoms with Gasteiger partial charge in [0.1, 0.15) is 0 Å². The average Bonchev–Trinajstić information content (AvgIpc) is 3.03. The van der Waals surface area contributed by atoms with Gasteiger partial charge >= 0.3 is 0 Å². The number of carbonyl (C=O) groups excluding carboxylic acids is 1. The van der Waals surface area contributed by atoms with Crippen LogP contribution in [0.4, 0.5) is 5.69 Å². The number of rotatable bonds is 2. The lowest BCUT2D eigenvalue weighted by molar-refractivity contribution is -0.127. The third-order valence-corrected chi connectivity index (χ3v) is 6.33. The van der Waals surface area contributed by atoms with Crippen molar-refractivity contribution >= 4 is 17.5 Å². The normalized spacial score (nSPS) is 23.8. The van der Waals surface area contributed by atoms with Crippen molar-refractivity contribution in [2.75, 3.05) is 4.90 Å². The van der Waals surface area contributed by atoms with Gasteiger partial charge in [0.15, 0.2) is 11.2 Å². The fourth-order valence-corrected chi connectivity index (χ4v) is 4.89. The fourth-order valence-electron chi connectivity index (χ4n) is 4.89. The largest absolute Gasteiger partial charge is 0.351 e. The first-order chi connectivity index (χ1) is 14.2. The molecule has 4 nitrogen and oxygen atoms in total. The summed E-state index contributed by atoms with van der Waals surface area (Å²) in [4.78, 5) is 15.9. The van der Waals surface area contributed by atoms with Crippen LogP contribution in [0.1, 0.15) is 43.4 Å². The standard InChI is InChI=1S/C26H25N3O/c1-17-10-12-20-19(14-17)11-13-21-26(15-27,16-28)22(18-8-6-5-7-9-18)23(29(20)21)24(30)25(2,3)4/h5-14,21-23H,1-4H3/t21-,22-,23+/m0/s1. The first kappa shape index (κ1) is 19.9. The molecule has 4 heteroatoms. The van der Waals surface area contributed by atoms with Crippen molar-refractivity contribution in [2.24, 2.45) is 10.8 Å². The molecule has 0 saturated carbocycles. The molecule has 150 valence electrons. The summed E-state index contributed by atoms with van der Waals surface area (Å²) in [7, 11) is 0. The number of benzene rings is 2. The van der Waals surface area contributed by atoms with E-state index in [0.29, 0.717) is 0 Å². The molecule has 30 heavy (non-hydrogen) atoms. The Morgan fingerprint density at radius 3 is 2.33 bits per heavy atom. The number of fused-ring (bicyclic) bond motifs is 3. The van der Waals surface area contributed by atoms with Gasteiger partial charge in [0, 0.05) is 17.0 Å². The van der Waals surface area contributed by atoms with E-state index in [0.717, 1.165) is 22.4 Å². The highest BCUT2D eigenvalue weighted by atomic mass is 16.1. The molecule has 2 heterocycles. The minimum absolute atomic E-state index is 0.0375. The highest BCUT2D eigenvalue weighted by Gasteiger charge is 2.64. The molecule has 0 N–H and O–H groups in total. The van der Waals surface area contributed by atoms with Gasteiger partial charge in [-0.05, 0) is 30.2 Å². The lowest BCUT2D eigenvalue weighted by Crippen LogP contribution is -2.47. The number of ketones is 1. The van der Waals surface area contributed by atoms with Crippen molar-refractivity contribution in [3.05, 3.63) is 71.3 Å². The Morgan fingerprint density at radius 2 is 1.73 bits per heavy atom. The van der Waals surface area contributed by atoms with E-state index >= 15 is 0 Å². The SMILES string of the molecule is Cc1ccc2c(c1)C=C[C@@H]1N2[C@@H](C(=O)C(C)(C)C)[C@H](c2ccccc2)C1(C#N)C#N. The predicted molar refractivity (Wildman–Crippen MR) is 118 cm³/mol. The maximum Gasteiger partial charge on any atom is 0.176 e. The second-order valence-corrected chi connectivity index (χ2v) is 9.31. The van der Waals surface area contributed by atoms with Crippen molar-refractivity contribution in [2.45, 2.75) is 45.7 Å².